The normalized spacial score (nSPS) is 16.1. The molecule has 0 saturated heterocycles. The van der Waals surface area contributed by atoms with E-state index in [2.05, 4.69) is 11.8 Å². The van der Waals surface area contributed by atoms with Crippen molar-refractivity contribution in [2.45, 2.75) is 26.8 Å². The predicted octanol–water partition coefficient (Wildman–Crippen LogP) is 2.43. The minimum absolute atomic E-state index is 0.0456. The van der Waals surface area contributed by atoms with Crippen molar-refractivity contribution in [1.82, 2.24) is 0 Å². The van der Waals surface area contributed by atoms with Gasteiger partial charge in [0.1, 0.15) is 17.5 Å². The fourth-order valence-electron chi connectivity index (χ4n) is 3.30. The average Bonchev–Trinajstić information content (AvgIpc) is 2.70. The second-order valence-corrected chi connectivity index (χ2v) is 8.51. The van der Waals surface area contributed by atoms with Crippen LogP contribution in [0.25, 0.3) is 0 Å². The number of methoxy groups -OCH3 is 2. The predicted molar refractivity (Wildman–Crippen MR) is 117 cm³/mol. The van der Waals surface area contributed by atoms with Crippen LogP contribution in [0.3, 0.4) is 0 Å². The molecule has 2 rings (SSSR count). The third kappa shape index (κ3) is 5.10. The van der Waals surface area contributed by atoms with Crippen LogP contribution in [-0.4, -0.2) is 56.5 Å². The lowest BCUT2D eigenvalue weighted by Gasteiger charge is -2.35. The molecule has 1 atom stereocenters. The summed E-state index contributed by atoms with van der Waals surface area (Å²) < 4.78 is 35.3. The summed E-state index contributed by atoms with van der Waals surface area (Å²) in [7, 11) is -0.0976. The Kier molecular flexibility index (Phi) is 7.55. The standard InChI is InChI=1S/C22H25NO7S/c1-22(2,3)16-13-17(20(31(27)28)19(30-5)18(16)29-4)23(21(25)26)15-10-6-8-14(12-15)9-7-11-24/h6,8,10,12-13,17,24H,11H2,1-5H3,(H,25,26). The molecule has 166 valence electrons. The Morgan fingerprint density at radius 3 is 2.32 bits per heavy atom. The summed E-state index contributed by atoms with van der Waals surface area (Å²) >= 11 is 0. The summed E-state index contributed by atoms with van der Waals surface area (Å²) in [5, 5.41) is 19.0. The number of nitrogens with zero attached hydrogens (tertiary/aromatic N) is 1. The van der Waals surface area contributed by atoms with Crippen molar-refractivity contribution in [3.63, 3.8) is 0 Å². The van der Waals surface area contributed by atoms with Gasteiger partial charge in [-0.1, -0.05) is 38.7 Å². The minimum Gasteiger partial charge on any atom is -0.493 e. The monoisotopic (exact) mass is 447 g/mol. The number of benzene rings is 1. The number of aliphatic hydroxyl groups excluding tert-OH is 1. The fourth-order valence-corrected chi connectivity index (χ4v) is 3.99. The summed E-state index contributed by atoms with van der Waals surface area (Å²) in [6.07, 6.45) is 0.202. The van der Waals surface area contributed by atoms with Gasteiger partial charge in [0.15, 0.2) is 11.5 Å². The second kappa shape index (κ2) is 9.73. The van der Waals surface area contributed by atoms with E-state index in [9.17, 15) is 18.3 Å². The maximum atomic E-state index is 12.3. The Hall–Kier alpha value is -3.22. The highest BCUT2D eigenvalue weighted by molar-refractivity contribution is 7.73. The smallest absolute Gasteiger partial charge is 0.412 e. The van der Waals surface area contributed by atoms with E-state index in [-0.39, 0.29) is 28.7 Å². The number of aliphatic hydroxyl groups is 1. The van der Waals surface area contributed by atoms with Crippen LogP contribution in [0.5, 0.6) is 0 Å². The van der Waals surface area contributed by atoms with Gasteiger partial charge >= 0.3 is 6.09 Å². The number of amides is 1. The molecule has 1 aliphatic carbocycles. The van der Waals surface area contributed by atoms with Crippen LogP contribution >= 0.6 is 0 Å². The molecule has 0 bridgehead atoms. The molecule has 1 aromatic rings. The van der Waals surface area contributed by atoms with E-state index >= 15 is 0 Å². The lowest BCUT2D eigenvalue weighted by molar-refractivity contribution is 0.200. The third-order valence-electron chi connectivity index (χ3n) is 4.58. The van der Waals surface area contributed by atoms with Gasteiger partial charge in [0.2, 0.25) is 10.3 Å². The molecule has 31 heavy (non-hydrogen) atoms. The number of carboxylic acid groups (broad SMARTS) is 1. The van der Waals surface area contributed by atoms with Gasteiger partial charge in [-0.3, -0.25) is 4.90 Å². The number of hydrogen-bond donors (Lipinski definition) is 2. The molecule has 0 aliphatic heterocycles. The van der Waals surface area contributed by atoms with Crippen LogP contribution in [0, 0.1) is 17.3 Å². The van der Waals surface area contributed by atoms with E-state index < -0.39 is 27.8 Å². The minimum atomic E-state index is -2.80. The largest absolute Gasteiger partial charge is 0.493 e. The highest BCUT2D eigenvalue weighted by atomic mass is 32.2. The van der Waals surface area contributed by atoms with E-state index in [1.54, 1.807) is 18.2 Å². The van der Waals surface area contributed by atoms with Crippen LogP contribution in [0.1, 0.15) is 26.3 Å². The van der Waals surface area contributed by atoms with Crippen LogP contribution in [0.2, 0.25) is 0 Å². The lowest BCUT2D eigenvalue weighted by atomic mass is 9.80. The van der Waals surface area contributed by atoms with Crippen LogP contribution in [0.15, 0.2) is 47.4 Å². The van der Waals surface area contributed by atoms with Gasteiger partial charge in [0, 0.05) is 16.8 Å². The zero-order valence-corrected chi connectivity index (χ0v) is 18.8. The van der Waals surface area contributed by atoms with Gasteiger partial charge in [0.25, 0.3) is 0 Å². The van der Waals surface area contributed by atoms with Crippen LogP contribution in [-0.2, 0) is 19.8 Å². The molecule has 2 N–H and O–H groups in total. The van der Waals surface area contributed by atoms with E-state index in [1.165, 1.54) is 26.4 Å². The van der Waals surface area contributed by atoms with Gasteiger partial charge in [0.05, 0.1) is 14.2 Å². The van der Waals surface area contributed by atoms with Crippen molar-refractivity contribution in [3.05, 3.63) is 53.0 Å². The van der Waals surface area contributed by atoms with Gasteiger partial charge in [-0.25, -0.2) is 4.79 Å². The number of anilines is 1. The van der Waals surface area contributed by atoms with Crippen molar-refractivity contribution in [3.8, 4) is 11.8 Å². The first-order chi connectivity index (χ1) is 14.6. The van der Waals surface area contributed by atoms with E-state index in [0.717, 1.165) is 4.90 Å². The molecule has 1 aromatic carbocycles. The molecule has 0 fully saturated rings. The van der Waals surface area contributed by atoms with Crippen molar-refractivity contribution < 1.29 is 32.9 Å². The van der Waals surface area contributed by atoms with Gasteiger partial charge < -0.3 is 19.7 Å². The maximum absolute atomic E-state index is 12.3. The highest BCUT2D eigenvalue weighted by Gasteiger charge is 2.40. The molecule has 9 heteroatoms. The Balaban J connectivity index is 2.82. The summed E-state index contributed by atoms with van der Waals surface area (Å²) in [6.45, 7) is 5.36. The first-order valence-electron chi connectivity index (χ1n) is 9.30. The number of allylic oxidation sites excluding steroid dienone is 1. The molecule has 0 aromatic heterocycles. The molecule has 1 amide bonds. The Morgan fingerprint density at radius 1 is 1.19 bits per heavy atom. The van der Waals surface area contributed by atoms with E-state index in [1.807, 2.05) is 20.8 Å². The molecule has 8 nitrogen and oxygen atoms in total. The topological polar surface area (TPSA) is 113 Å². The van der Waals surface area contributed by atoms with Gasteiger partial charge in [-0.15, -0.1) is 0 Å². The zero-order chi connectivity index (χ0) is 23.3. The third-order valence-corrected chi connectivity index (χ3v) is 5.37. The summed E-state index contributed by atoms with van der Waals surface area (Å²) in [4.78, 5) is 13.0. The summed E-state index contributed by atoms with van der Waals surface area (Å²) in [6, 6.07) is 5.11. The Morgan fingerprint density at radius 2 is 1.84 bits per heavy atom. The second-order valence-electron chi connectivity index (χ2n) is 7.60. The van der Waals surface area contributed by atoms with Gasteiger partial charge in [-0.2, -0.15) is 8.42 Å². The molecule has 0 saturated carbocycles. The van der Waals surface area contributed by atoms with Crippen molar-refractivity contribution in [2.24, 2.45) is 5.41 Å². The number of rotatable bonds is 4. The molecule has 0 heterocycles. The van der Waals surface area contributed by atoms with Crippen molar-refractivity contribution >= 4 is 26.9 Å². The quantitative estimate of drug-likeness (QED) is 0.538. The van der Waals surface area contributed by atoms with Crippen molar-refractivity contribution in [2.75, 3.05) is 25.7 Å². The van der Waals surface area contributed by atoms with Crippen molar-refractivity contribution in [1.29, 1.82) is 0 Å². The van der Waals surface area contributed by atoms with Crippen LogP contribution < -0.4 is 4.90 Å². The molecular formula is C22H25NO7S. The lowest BCUT2D eigenvalue weighted by Crippen LogP contribution is -2.47. The van der Waals surface area contributed by atoms with Gasteiger partial charge in [-0.05, 0) is 29.7 Å². The SMILES string of the molecule is COC1=C(OC)C(=S(=O)=O)C(N(C(=O)O)c2cccc(C#CCO)c2)C=C1C(C)(C)C. The molecule has 0 spiro atoms. The number of hydrogen-bond acceptors (Lipinski definition) is 6. The fraction of sp³-hybridized carbons (Fsp3) is 0.364. The summed E-state index contributed by atoms with van der Waals surface area (Å²) in [5.41, 5.74) is 0.792. The Labute approximate surface area is 182 Å². The summed E-state index contributed by atoms with van der Waals surface area (Å²) in [5.74, 6) is 5.41. The molecule has 0 radical (unpaired) electrons. The zero-order valence-electron chi connectivity index (χ0n) is 18.0. The molecule has 1 aliphatic rings. The Bertz CT molecular complexity index is 1120. The molecule has 1 unspecified atom stereocenters. The van der Waals surface area contributed by atoms with E-state index in [4.69, 9.17) is 14.6 Å². The number of ether oxygens (including phenoxy) is 2. The van der Waals surface area contributed by atoms with Crippen LogP contribution in [0.4, 0.5) is 10.5 Å². The number of carbonyl (C=O) groups is 1. The first kappa shape index (κ1) is 24.1. The maximum Gasteiger partial charge on any atom is 0.412 e. The molecular weight excluding hydrogens is 422 g/mol. The highest BCUT2D eigenvalue weighted by Crippen LogP contribution is 2.39. The first-order valence-corrected chi connectivity index (χ1v) is 10.4. The average molecular weight is 448 g/mol. The van der Waals surface area contributed by atoms with E-state index in [0.29, 0.717) is 11.1 Å².